The number of furan rings is 1. The molecule has 0 fully saturated rings. The van der Waals surface area contributed by atoms with Gasteiger partial charge >= 0.3 is 0 Å². The van der Waals surface area contributed by atoms with Crippen LogP contribution in [-0.4, -0.2) is 9.55 Å². The summed E-state index contributed by atoms with van der Waals surface area (Å²) in [5.41, 5.74) is 17.2. The molecule has 0 N–H and O–H groups in total. The minimum atomic E-state index is -0.621. The molecule has 0 aliphatic heterocycles. The molecule has 66 heavy (non-hydrogen) atoms. The molecule has 3 heterocycles. The zero-order valence-electron chi connectivity index (χ0n) is 35.7. The molecule has 3 aromatic heterocycles. The summed E-state index contributed by atoms with van der Waals surface area (Å²) in [6, 6.07) is 80.3. The van der Waals surface area contributed by atoms with E-state index in [1.807, 2.05) is 12.1 Å². The third-order valence-electron chi connectivity index (χ3n) is 13.8. The van der Waals surface area contributed by atoms with Crippen LogP contribution in [0.4, 0.5) is 17.1 Å². The summed E-state index contributed by atoms with van der Waals surface area (Å²) in [4.78, 5) is 7.87. The second kappa shape index (κ2) is 14.1. The maximum absolute atomic E-state index is 6.76. The predicted molar refractivity (Wildman–Crippen MR) is 264 cm³/mol. The van der Waals surface area contributed by atoms with Gasteiger partial charge in [0.05, 0.1) is 17.6 Å². The van der Waals surface area contributed by atoms with Crippen molar-refractivity contribution in [1.82, 2.24) is 14.6 Å². The predicted octanol–water partition coefficient (Wildman–Crippen LogP) is 13.7. The lowest BCUT2D eigenvalue weighted by Gasteiger charge is -2.30. The van der Waals surface area contributed by atoms with E-state index in [4.69, 9.17) is 14.5 Å². The summed E-state index contributed by atoms with van der Waals surface area (Å²) in [5.74, 6) is 1.44. The molecule has 0 radical (unpaired) electrons. The molecule has 0 amide bonds. The molecule has 9 aromatic carbocycles. The van der Waals surface area contributed by atoms with Crippen molar-refractivity contribution in [3.63, 3.8) is 0 Å². The molecule has 0 unspecified atom stereocenters. The van der Waals surface area contributed by atoms with Gasteiger partial charge in [-0.05, 0) is 87.2 Å². The van der Waals surface area contributed by atoms with Crippen molar-refractivity contribution in [2.24, 2.45) is 0 Å². The summed E-state index contributed by atoms with van der Waals surface area (Å²) < 4.78 is 11.3. The van der Waals surface area contributed by atoms with E-state index in [0.29, 0.717) is 12.4 Å². The molecule has 14 rings (SSSR count). The van der Waals surface area contributed by atoms with Crippen LogP contribution in [0.15, 0.2) is 229 Å². The van der Waals surface area contributed by atoms with Gasteiger partial charge in [-0.2, -0.15) is 0 Å². The Hall–Kier alpha value is -8.74. The van der Waals surface area contributed by atoms with E-state index < -0.39 is 5.41 Å². The van der Waals surface area contributed by atoms with E-state index in [9.17, 15) is 0 Å². The van der Waals surface area contributed by atoms with E-state index >= 15 is 0 Å². The average molecular weight is 846 g/mol. The minimum absolute atomic E-state index is 0.546. The van der Waals surface area contributed by atoms with Crippen molar-refractivity contribution >= 4 is 49.9 Å². The van der Waals surface area contributed by atoms with Crippen LogP contribution < -0.4 is 14.7 Å². The smallest absolute Gasteiger partial charge is 0.229 e. The second-order valence-corrected chi connectivity index (χ2v) is 17.3. The lowest BCUT2D eigenvalue weighted by atomic mass is 9.70. The number of rotatable bonds is 7. The third kappa shape index (κ3) is 5.12. The molecular formula is C60H39N5O. The minimum Gasteiger partial charge on any atom is -0.454 e. The Morgan fingerprint density at radius 1 is 0.530 bits per heavy atom. The number of para-hydroxylation sites is 3. The molecule has 0 saturated carbocycles. The number of hydrogen-bond donors (Lipinski definition) is 0. The first kappa shape index (κ1) is 36.7. The van der Waals surface area contributed by atoms with Gasteiger partial charge in [0.2, 0.25) is 5.95 Å². The lowest BCUT2D eigenvalue weighted by Crippen LogP contribution is -2.42. The summed E-state index contributed by atoms with van der Waals surface area (Å²) in [6.45, 7) is 0.546. The first-order chi connectivity index (χ1) is 32.8. The molecule has 0 atom stereocenters. The molecule has 2 aliphatic carbocycles. The Balaban J connectivity index is 1.12. The Morgan fingerprint density at radius 3 is 1.88 bits per heavy atom. The summed E-state index contributed by atoms with van der Waals surface area (Å²) in [5, 5.41) is 8.64. The zero-order chi connectivity index (χ0) is 43.3. The van der Waals surface area contributed by atoms with Crippen LogP contribution in [0.1, 0.15) is 27.8 Å². The quantitative estimate of drug-likeness (QED) is 0.150. The molecule has 12 aromatic rings. The van der Waals surface area contributed by atoms with Gasteiger partial charge in [0.1, 0.15) is 16.8 Å². The van der Waals surface area contributed by atoms with Crippen LogP contribution in [0.2, 0.25) is 0 Å². The second-order valence-electron chi connectivity index (χ2n) is 17.3. The first-order valence-electron chi connectivity index (χ1n) is 22.5. The van der Waals surface area contributed by atoms with Crippen LogP contribution in [0.3, 0.4) is 0 Å². The molecule has 2 aliphatic rings. The van der Waals surface area contributed by atoms with Crippen molar-refractivity contribution in [3.05, 3.63) is 252 Å². The maximum Gasteiger partial charge on any atom is 0.229 e. The highest BCUT2D eigenvalue weighted by Gasteiger charge is 2.55. The highest BCUT2D eigenvalue weighted by Crippen LogP contribution is 2.65. The van der Waals surface area contributed by atoms with Gasteiger partial charge in [-0.3, -0.25) is 4.68 Å². The molecule has 6 heteroatoms. The van der Waals surface area contributed by atoms with Crippen LogP contribution in [0.25, 0.3) is 72.6 Å². The lowest BCUT2D eigenvalue weighted by molar-refractivity contribution is -0.741. The van der Waals surface area contributed by atoms with Gasteiger partial charge in [0.15, 0.2) is 5.58 Å². The van der Waals surface area contributed by atoms with Crippen molar-refractivity contribution in [2.75, 3.05) is 4.90 Å². The summed E-state index contributed by atoms with van der Waals surface area (Å²) >= 11 is 0. The highest BCUT2D eigenvalue weighted by atomic mass is 16.3. The van der Waals surface area contributed by atoms with Gasteiger partial charge in [0.25, 0.3) is 0 Å². The van der Waals surface area contributed by atoms with E-state index in [-0.39, 0.29) is 0 Å². The monoisotopic (exact) mass is 845 g/mol. The fourth-order valence-electron chi connectivity index (χ4n) is 11.2. The van der Waals surface area contributed by atoms with Crippen molar-refractivity contribution in [3.8, 4) is 39.7 Å². The fraction of sp³-hybridized carbons (Fsp3) is 0.0333. The maximum atomic E-state index is 6.76. The van der Waals surface area contributed by atoms with E-state index in [1.54, 1.807) is 0 Å². The highest BCUT2D eigenvalue weighted by molar-refractivity contribution is 6.11. The SMILES string of the molecule is c1ccc(C[n+]2[n-]c(-c3ccccc3)nc2-n2c3c(c4cc(N(c5ccccc5)c5cccc6c5oc5ccccc56)ccc42)C2(c4ccccc4-c4ccccc42)c2ccccc2-3)cc1. The molecular weight excluding hydrogens is 807 g/mol. The Bertz CT molecular complexity index is 3820. The molecule has 0 bridgehead atoms. The van der Waals surface area contributed by atoms with Crippen molar-refractivity contribution in [1.29, 1.82) is 0 Å². The van der Waals surface area contributed by atoms with Crippen LogP contribution in [0.5, 0.6) is 0 Å². The zero-order valence-corrected chi connectivity index (χ0v) is 35.7. The van der Waals surface area contributed by atoms with E-state index in [1.165, 1.54) is 38.9 Å². The number of aromatic nitrogens is 4. The number of fused-ring (bicyclic) bond motifs is 15. The number of anilines is 3. The van der Waals surface area contributed by atoms with Gasteiger partial charge in [0, 0.05) is 38.7 Å². The topological polar surface area (TPSA) is 52.2 Å². The van der Waals surface area contributed by atoms with Gasteiger partial charge in [-0.25, -0.2) is 4.57 Å². The number of nitrogens with zero attached hydrogens (tertiary/aromatic N) is 5. The molecule has 0 saturated heterocycles. The molecule has 6 nitrogen and oxygen atoms in total. The van der Waals surface area contributed by atoms with Crippen LogP contribution in [0, 0.1) is 0 Å². The normalized spacial score (nSPS) is 13.0. The average Bonchev–Trinajstić information content (AvgIpc) is 4.19. The Labute approximate surface area is 380 Å². The summed E-state index contributed by atoms with van der Waals surface area (Å²) in [6.07, 6.45) is 0. The van der Waals surface area contributed by atoms with E-state index in [2.05, 4.69) is 226 Å². The Kier molecular flexibility index (Phi) is 7.86. The summed E-state index contributed by atoms with van der Waals surface area (Å²) in [7, 11) is 0. The fourth-order valence-corrected chi connectivity index (χ4v) is 11.2. The van der Waals surface area contributed by atoms with E-state index in [0.717, 1.165) is 72.7 Å². The third-order valence-corrected chi connectivity index (χ3v) is 13.8. The first-order valence-corrected chi connectivity index (χ1v) is 22.5. The van der Waals surface area contributed by atoms with Gasteiger partial charge in [-0.1, -0.05) is 182 Å². The van der Waals surface area contributed by atoms with Crippen LogP contribution >= 0.6 is 0 Å². The Morgan fingerprint density at radius 2 is 1.14 bits per heavy atom. The molecule has 1 spiro atoms. The number of benzene rings is 9. The number of hydrogen-bond acceptors (Lipinski definition) is 3. The molecule has 310 valence electrons. The largest absolute Gasteiger partial charge is 0.454 e. The van der Waals surface area contributed by atoms with Gasteiger partial charge < -0.3 is 19.4 Å². The van der Waals surface area contributed by atoms with Crippen molar-refractivity contribution < 1.29 is 9.10 Å². The standard InChI is InChI=1S/C60H39N5O/c1-4-19-39(20-5-1)38-63-59(61-58(62-63)40-21-6-2-7-22-40)65-52-36-35-42(64(41-23-8-3-9-24-41)53-33-18-29-46-45-27-13-17-34-54(45)66-57(46)53)37-48(52)55-56(65)47-28-12-16-32-51(47)60(55)49-30-14-10-25-43(49)44-26-11-15-31-50(44)60/h1-37H,38H2. The van der Waals surface area contributed by atoms with Crippen molar-refractivity contribution in [2.45, 2.75) is 12.0 Å². The van der Waals surface area contributed by atoms with Gasteiger partial charge in [-0.15, -0.1) is 0 Å². The van der Waals surface area contributed by atoms with Crippen LogP contribution in [-0.2, 0) is 12.0 Å².